The summed E-state index contributed by atoms with van der Waals surface area (Å²) in [5.74, 6) is 1.07. The second-order valence-corrected chi connectivity index (χ2v) is 6.97. The van der Waals surface area contributed by atoms with Gasteiger partial charge in [-0.05, 0) is 37.8 Å². The minimum absolute atomic E-state index is 0.0566. The van der Waals surface area contributed by atoms with Crippen molar-refractivity contribution < 1.29 is 9.59 Å². The molecular formula is C22H21N3O2. The van der Waals surface area contributed by atoms with Crippen molar-refractivity contribution in [3.8, 4) is 0 Å². The smallest absolute Gasteiger partial charge is 0.256 e. The molecule has 1 heterocycles. The maximum Gasteiger partial charge on any atom is 0.256 e. The number of amides is 1. The van der Waals surface area contributed by atoms with Crippen LogP contribution in [0.25, 0.3) is 0 Å². The van der Waals surface area contributed by atoms with Gasteiger partial charge in [-0.15, -0.1) is 0 Å². The molecule has 0 aliphatic heterocycles. The van der Waals surface area contributed by atoms with Gasteiger partial charge in [-0.2, -0.15) is 5.10 Å². The van der Waals surface area contributed by atoms with Crippen molar-refractivity contribution in [2.75, 3.05) is 5.32 Å². The van der Waals surface area contributed by atoms with E-state index in [2.05, 4.69) is 17.3 Å². The highest BCUT2D eigenvalue weighted by Gasteiger charge is 2.30. The van der Waals surface area contributed by atoms with Crippen molar-refractivity contribution in [1.29, 1.82) is 0 Å². The number of rotatable bonds is 6. The lowest BCUT2D eigenvalue weighted by molar-refractivity contribution is 0.101. The highest BCUT2D eigenvalue weighted by Crippen LogP contribution is 2.40. The molecule has 136 valence electrons. The molecule has 2 aromatic carbocycles. The van der Waals surface area contributed by atoms with E-state index in [1.165, 1.54) is 12.8 Å². The number of carbonyl (C=O) groups is 2. The number of anilines is 1. The molecule has 1 aliphatic carbocycles. The lowest BCUT2D eigenvalue weighted by atomic mass is 10.0. The first-order valence-corrected chi connectivity index (χ1v) is 9.18. The quantitative estimate of drug-likeness (QED) is 0.666. The summed E-state index contributed by atoms with van der Waals surface area (Å²) >= 11 is 0. The van der Waals surface area contributed by atoms with Gasteiger partial charge in [-0.25, -0.2) is 4.68 Å². The van der Waals surface area contributed by atoms with Crippen molar-refractivity contribution >= 4 is 17.5 Å². The van der Waals surface area contributed by atoms with Gasteiger partial charge in [0.2, 0.25) is 0 Å². The lowest BCUT2D eigenvalue weighted by Crippen LogP contribution is -2.18. The van der Waals surface area contributed by atoms with E-state index in [4.69, 9.17) is 0 Å². The van der Waals surface area contributed by atoms with Gasteiger partial charge in [0, 0.05) is 22.8 Å². The predicted molar refractivity (Wildman–Crippen MR) is 104 cm³/mol. The van der Waals surface area contributed by atoms with Crippen molar-refractivity contribution in [3.63, 3.8) is 0 Å². The second-order valence-electron chi connectivity index (χ2n) is 6.97. The minimum atomic E-state index is -0.210. The van der Waals surface area contributed by atoms with Crippen LogP contribution in [0.2, 0.25) is 0 Å². The summed E-state index contributed by atoms with van der Waals surface area (Å²) in [4.78, 5) is 25.0. The number of hydrogen-bond donors (Lipinski definition) is 1. The van der Waals surface area contributed by atoms with Gasteiger partial charge in [-0.3, -0.25) is 9.59 Å². The van der Waals surface area contributed by atoms with E-state index >= 15 is 0 Å². The predicted octanol–water partition coefficient (Wildman–Crippen LogP) is 4.34. The van der Waals surface area contributed by atoms with Gasteiger partial charge >= 0.3 is 0 Å². The van der Waals surface area contributed by atoms with Gasteiger partial charge in [0.1, 0.15) is 5.82 Å². The first-order chi connectivity index (χ1) is 13.1. The van der Waals surface area contributed by atoms with E-state index in [9.17, 15) is 9.59 Å². The highest BCUT2D eigenvalue weighted by atomic mass is 16.1. The first-order valence-electron chi connectivity index (χ1n) is 9.18. The molecule has 0 bridgehead atoms. The van der Waals surface area contributed by atoms with Crippen LogP contribution in [0.15, 0.2) is 66.9 Å². The third-order valence-electron chi connectivity index (χ3n) is 5.05. The Labute approximate surface area is 158 Å². The van der Waals surface area contributed by atoms with Gasteiger partial charge in [0.15, 0.2) is 5.78 Å². The second kappa shape index (κ2) is 7.19. The normalized spacial score (nSPS) is 14.6. The molecule has 1 N–H and O–H groups in total. The average molecular weight is 359 g/mol. The molecule has 3 aromatic rings. The maximum atomic E-state index is 12.6. The van der Waals surface area contributed by atoms with Crippen molar-refractivity contribution in [1.82, 2.24) is 9.78 Å². The molecule has 4 rings (SSSR count). The molecule has 0 saturated heterocycles. The number of nitrogens with zero attached hydrogens (tertiary/aromatic N) is 2. The Morgan fingerprint density at radius 3 is 2.26 bits per heavy atom. The zero-order chi connectivity index (χ0) is 18.8. The van der Waals surface area contributed by atoms with Crippen LogP contribution >= 0.6 is 0 Å². The molecule has 1 atom stereocenters. The third kappa shape index (κ3) is 3.67. The van der Waals surface area contributed by atoms with Crippen LogP contribution in [0.3, 0.4) is 0 Å². The Balaban J connectivity index is 1.47. The van der Waals surface area contributed by atoms with Crippen LogP contribution in [0.4, 0.5) is 5.82 Å². The lowest BCUT2D eigenvalue weighted by Gasteiger charge is -2.15. The SMILES string of the molecule is C[C@H](C1CC1)n1nccc1NC(=O)c1ccc(C(=O)c2ccccc2)cc1. The van der Waals surface area contributed by atoms with E-state index in [-0.39, 0.29) is 17.7 Å². The molecule has 1 saturated carbocycles. The number of ketones is 1. The van der Waals surface area contributed by atoms with Crippen LogP contribution in [0, 0.1) is 5.92 Å². The third-order valence-corrected chi connectivity index (χ3v) is 5.05. The molecular weight excluding hydrogens is 338 g/mol. The van der Waals surface area contributed by atoms with Crippen LogP contribution in [-0.2, 0) is 0 Å². The van der Waals surface area contributed by atoms with Crippen molar-refractivity contribution in [3.05, 3.63) is 83.6 Å². The summed E-state index contributed by atoms with van der Waals surface area (Å²) in [7, 11) is 0. The Morgan fingerprint density at radius 1 is 0.963 bits per heavy atom. The van der Waals surface area contributed by atoms with E-state index in [1.807, 2.05) is 28.9 Å². The summed E-state index contributed by atoms with van der Waals surface area (Å²) < 4.78 is 1.88. The van der Waals surface area contributed by atoms with Crippen molar-refractivity contribution in [2.45, 2.75) is 25.8 Å². The molecule has 0 unspecified atom stereocenters. The molecule has 1 fully saturated rings. The van der Waals surface area contributed by atoms with Crippen LogP contribution in [0.5, 0.6) is 0 Å². The fourth-order valence-electron chi connectivity index (χ4n) is 3.23. The van der Waals surface area contributed by atoms with E-state index in [0.717, 1.165) is 0 Å². The number of aromatic nitrogens is 2. The number of benzene rings is 2. The summed E-state index contributed by atoms with van der Waals surface area (Å²) in [6.07, 6.45) is 4.13. The minimum Gasteiger partial charge on any atom is -0.307 e. The summed E-state index contributed by atoms with van der Waals surface area (Å²) in [5, 5.41) is 7.28. The molecule has 0 radical (unpaired) electrons. The fourth-order valence-corrected chi connectivity index (χ4v) is 3.23. The largest absolute Gasteiger partial charge is 0.307 e. The molecule has 5 nitrogen and oxygen atoms in total. The van der Waals surface area contributed by atoms with E-state index in [1.54, 1.807) is 42.6 Å². The summed E-state index contributed by atoms with van der Waals surface area (Å²) in [6, 6.07) is 17.9. The monoisotopic (exact) mass is 359 g/mol. The van der Waals surface area contributed by atoms with E-state index in [0.29, 0.717) is 28.4 Å². The Kier molecular flexibility index (Phi) is 4.59. The van der Waals surface area contributed by atoms with Gasteiger partial charge in [-0.1, -0.05) is 42.5 Å². The molecule has 1 amide bonds. The Morgan fingerprint density at radius 2 is 1.59 bits per heavy atom. The zero-order valence-corrected chi connectivity index (χ0v) is 15.1. The Hall–Kier alpha value is -3.21. The fraction of sp³-hybridized carbons (Fsp3) is 0.227. The van der Waals surface area contributed by atoms with E-state index < -0.39 is 0 Å². The number of nitrogens with one attached hydrogen (secondary N) is 1. The topological polar surface area (TPSA) is 64.0 Å². The van der Waals surface area contributed by atoms with Gasteiger partial charge < -0.3 is 5.32 Å². The van der Waals surface area contributed by atoms with Gasteiger partial charge in [0.05, 0.1) is 12.2 Å². The van der Waals surface area contributed by atoms with Crippen LogP contribution < -0.4 is 5.32 Å². The standard InChI is InChI=1S/C22H21N3O2/c1-15(16-7-8-16)25-20(13-14-23-25)24-22(27)19-11-9-18(10-12-19)21(26)17-5-3-2-4-6-17/h2-6,9-16H,7-8H2,1H3,(H,24,27)/t15-/m1/s1. The summed E-state index contributed by atoms with van der Waals surface area (Å²) in [6.45, 7) is 2.13. The highest BCUT2D eigenvalue weighted by molar-refractivity contribution is 6.10. The molecule has 5 heteroatoms. The average Bonchev–Trinajstić information content (AvgIpc) is 3.47. The first kappa shape index (κ1) is 17.2. The van der Waals surface area contributed by atoms with Crippen LogP contribution in [0.1, 0.15) is 52.1 Å². The van der Waals surface area contributed by atoms with Crippen molar-refractivity contribution in [2.24, 2.45) is 5.92 Å². The maximum absolute atomic E-state index is 12.6. The molecule has 1 aromatic heterocycles. The molecule has 1 aliphatic rings. The molecule has 27 heavy (non-hydrogen) atoms. The Bertz CT molecular complexity index is 957. The van der Waals surface area contributed by atoms with Crippen LogP contribution in [-0.4, -0.2) is 21.5 Å². The van der Waals surface area contributed by atoms with Gasteiger partial charge in [0.25, 0.3) is 5.91 Å². The molecule has 0 spiro atoms. The summed E-state index contributed by atoms with van der Waals surface area (Å²) in [5.41, 5.74) is 1.70. The number of carbonyl (C=O) groups excluding carboxylic acids is 2. The zero-order valence-electron chi connectivity index (χ0n) is 15.1. The number of hydrogen-bond acceptors (Lipinski definition) is 3.